The first-order chi connectivity index (χ1) is 14.2. The van der Waals surface area contributed by atoms with Crippen LogP contribution in [0.2, 0.25) is 5.02 Å². The largest absolute Gasteiger partial charge is 0.465 e. The van der Waals surface area contributed by atoms with Crippen LogP contribution < -0.4 is 11.5 Å². The van der Waals surface area contributed by atoms with E-state index in [4.69, 9.17) is 28.2 Å². The molecule has 10 nitrogen and oxygen atoms in total. The second kappa shape index (κ2) is 8.34. The molecule has 1 aromatic carbocycles. The van der Waals surface area contributed by atoms with E-state index in [0.29, 0.717) is 18.5 Å². The van der Waals surface area contributed by atoms with Crippen molar-refractivity contribution in [3.63, 3.8) is 0 Å². The summed E-state index contributed by atoms with van der Waals surface area (Å²) >= 11 is 6.14. The van der Waals surface area contributed by atoms with Gasteiger partial charge in [-0.25, -0.2) is 14.3 Å². The molecule has 1 aliphatic rings. The predicted molar refractivity (Wildman–Crippen MR) is 107 cm³/mol. The van der Waals surface area contributed by atoms with Crippen molar-refractivity contribution in [3.05, 3.63) is 45.6 Å². The molecule has 1 saturated heterocycles. The summed E-state index contributed by atoms with van der Waals surface area (Å²) in [5, 5.41) is 13.7. The molecular formula is C19H18ClN5O5. The van der Waals surface area contributed by atoms with Crippen LogP contribution in [0.3, 0.4) is 0 Å². The zero-order valence-electron chi connectivity index (χ0n) is 15.9. The van der Waals surface area contributed by atoms with Gasteiger partial charge in [-0.05, 0) is 30.5 Å². The third kappa shape index (κ3) is 4.01. The van der Waals surface area contributed by atoms with Crippen LogP contribution in [-0.2, 0) is 4.74 Å². The number of benzene rings is 1. The molecule has 0 spiro atoms. The number of nitrogen functional groups attached to an aromatic ring is 1. The van der Waals surface area contributed by atoms with Gasteiger partial charge in [0.2, 0.25) is 0 Å². The summed E-state index contributed by atoms with van der Waals surface area (Å²) < 4.78 is 6.05. The zero-order chi connectivity index (χ0) is 22.0. The maximum absolute atomic E-state index is 11.9. The Labute approximate surface area is 176 Å². The monoisotopic (exact) mass is 431 g/mol. The van der Waals surface area contributed by atoms with Crippen molar-refractivity contribution in [3.8, 4) is 11.8 Å². The number of carbonyl (C=O) groups is 3. The van der Waals surface area contributed by atoms with Crippen molar-refractivity contribution in [2.45, 2.75) is 12.5 Å². The molecule has 0 unspecified atom stereocenters. The fourth-order valence-corrected chi connectivity index (χ4v) is 3.33. The second-order valence-corrected chi connectivity index (χ2v) is 6.93. The summed E-state index contributed by atoms with van der Waals surface area (Å²) in [6, 6.07) is 4.10. The van der Waals surface area contributed by atoms with Gasteiger partial charge in [-0.3, -0.25) is 4.79 Å². The summed E-state index contributed by atoms with van der Waals surface area (Å²) in [5.41, 5.74) is 12.1. The number of rotatable bonds is 3. The van der Waals surface area contributed by atoms with Crippen molar-refractivity contribution in [2.24, 2.45) is 5.73 Å². The molecule has 1 atom stereocenters. The van der Waals surface area contributed by atoms with Crippen LogP contribution in [0.25, 0.3) is 0 Å². The van der Waals surface area contributed by atoms with E-state index >= 15 is 0 Å². The van der Waals surface area contributed by atoms with E-state index in [1.807, 2.05) is 0 Å². The zero-order valence-corrected chi connectivity index (χ0v) is 16.6. The van der Waals surface area contributed by atoms with Crippen LogP contribution >= 0.6 is 11.6 Å². The minimum absolute atomic E-state index is 0.0125. The van der Waals surface area contributed by atoms with Crippen molar-refractivity contribution in [2.75, 3.05) is 25.9 Å². The molecule has 30 heavy (non-hydrogen) atoms. The van der Waals surface area contributed by atoms with Crippen LogP contribution in [-0.4, -0.2) is 58.0 Å². The minimum Gasteiger partial charge on any atom is -0.465 e. The number of nitrogens with zero attached hydrogens (tertiary/aromatic N) is 3. The molecule has 0 aliphatic carbocycles. The first-order valence-electron chi connectivity index (χ1n) is 8.78. The quantitative estimate of drug-likeness (QED) is 0.489. The number of likely N-dealkylation sites (tertiary alicyclic amines) is 1. The predicted octanol–water partition coefficient (Wildman–Crippen LogP) is 1.33. The number of ether oxygens (including phenoxy) is 1. The number of hydrogen-bond donors (Lipinski definition) is 3. The Kier molecular flexibility index (Phi) is 5.84. The van der Waals surface area contributed by atoms with Crippen LogP contribution in [0.5, 0.6) is 0 Å². The number of hydrogen-bond acceptors (Lipinski definition) is 6. The molecular weight excluding hydrogens is 414 g/mol. The van der Waals surface area contributed by atoms with Gasteiger partial charge in [-0.1, -0.05) is 17.5 Å². The van der Waals surface area contributed by atoms with Crippen molar-refractivity contribution in [1.29, 1.82) is 0 Å². The molecule has 0 bridgehead atoms. The number of halogens is 1. The van der Waals surface area contributed by atoms with Gasteiger partial charge in [-0.2, -0.15) is 5.10 Å². The lowest BCUT2D eigenvalue weighted by Gasteiger charge is -2.13. The lowest BCUT2D eigenvalue weighted by Crippen LogP contribution is -2.27. The Hall–Kier alpha value is -3.71. The fraction of sp³-hybridized carbons (Fsp3) is 0.263. The molecule has 0 radical (unpaired) electrons. The van der Waals surface area contributed by atoms with E-state index in [9.17, 15) is 14.4 Å². The van der Waals surface area contributed by atoms with Crippen LogP contribution in [0, 0.1) is 11.8 Å². The summed E-state index contributed by atoms with van der Waals surface area (Å²) in [4.78, 5) is 36.0. The molecule has 156 valence electrons. The molecule has 0 saturated carbocycles. The normalized spacial score (nSPS) is 15.4. The number of aromatic nitrogens is 2. The number of carboxylic acid groups (broad SMARTS) is 1. The van der Waals surface area contributed by atoms with Gasteiger partial charge in [0.15, 0.2) is 5.69 Å². The smallest absolute Gasteiger partial charge is 0.407 e. The van der Waals surface area contributed by atoms with Crippen LogP contribution in [0.1, 0.15) is 44.4 Å². The van der Waals surface area contributed by atoms with Gasteiger partial charge >= 0.3 is 12.1 Å². The number of primary amides is 1. The number of amides is 2. The highest BCUT2D eigenvalue weighted by Gasteiger charge is 2.31. The van der Waals surface area contributed by atoms with E-state index in [1.54, 1.807) is 0 Å². The van der Waals surface area contributed by atoms with E-state index < -0.39 is 18.0 Å². The minimum atomic E-state index is -1.04. The Morgan fingerprint density at radius 2 is 2.07 bits per heavy atom. The fourth-order valence-electron chi connectivity index (χ4n) is 3.16. The second-order valence-electron chi connectivity index (χ2n) is 6.52. The van der Waals surface area contributed by atoms with E-state index in [2.05, 4.69) is 21.7 Å². The lowest BCUT2D eigenvalue weighted by atomic mass is 10.1. The highest BCUT2D eigenvalue weighted by Crippen LogP contribution is 2.27. The standard InChI is InChI=1S/C19H18ClN5O5/c1-30-18(27)11-2-4-13(20)10(8-11)3-5-14-15(17(22)26)16(21)25(23-14)12-6-7-24(9-12)19(28)29/h2,4,8,12H,6-7,9,21H2,1H3,(H2,22,26)(H,28,29)/t12-/m0/s1. The van der Waals surface area contributed by atoms with Gasteiger partial charge in [-0.15, -0.1) is 0 Å². The Balaban J connectivity index is 2.00. The summed E-state index contributed by atoms with van der Waals surface area (Å²) in [5.74, 6) is 4.14. The van der Waals surface area contributed by atoms with Crippen molar-refractivity contribution in [1.82, 2.24) is 14.7 Å². The molecule has 2 heterocycles. The van der Waals surface area contributed by atoms with Gasteiger partial charge in [0, 0.05) is 18.7 Å². The number of methoxy groups -OCH3 is 1. The lowest BCUT2D eigenvalue weighted by molar-refractivity contribution is 0.0600. The SMILES string of the molecule is COC(=O)c1ccc(Cl)c(C#Cc2nn([C@H]3CCN(C(=O)O)C3)c(N)c2C(N)=O)c1. The van der Waals surface area contributed by atoms with Gasteiger partial charge < -0.3 is 26.2 Å². The van der Waals surface area contributed by atoms with Gasteiger partial charge in [0.05, 0.1) is 23.7 Å². The maximum atomic E-state index is 11.9. The Bertz CT molecular complexity index is 1100. The number of nitrogens with two attached hydrogens (primary N) is 2. The number of esters is 1. The molecule has 2 amide bonds. The summed E-state index contributed by atoms with van der Waals surface area (Å²) in [6.45, 7) is 0.501. The molecule has 5 N–H and O–H groups in total. The third-order valence-electron chi connectivity index (χ3n) is 4.68. The molecule has 1 aliphatic heterocycles. The Morgan fingerprint density at radius 3 is 2.67 bits per heavy atom. The first kappa shape index (κ1) is 21.0. The van der Waals surface area contributed by atoms with E-state index in [1.165, 1.54) is 34.9 Å². The number of carbonyl (C=O) groups excluding carboxylic acids is 2. The summed E-state index contributed by atoms with van der Waals surface area (Å²) in [6.07, 6.45) is -0.561. The van der Waals surface area contributed by atoms with Crippen molar-refractivity contribution >= 4 is 35.4 Å². The summed E-state index contributed by atoms with van der Waals surface area (Å²) in [7, 11) is 1.26. The van der Waals surface area contributed by atoms with E-state index in [0.717, 1.165) is 0 Å². The average molecular weight is 432 g/mol. The molecule has 2 aromatic rings. The van der Waals surface area contributed by atoms with Crippen LogP contribution in [0.4, 0.5) is 10.6 Å². The molecule has 1 fully saturated rings. The van der Waals surface area contributed by atoms with Crippen LogP contribution in [0.15, 0.2) is 18.2 Å². The third-order valence-corrected chi connectivity index (χ3v) is 5.01. The number of anilines is 1. The van der Waals surface area contributed by atoms with Gasteiger partial charge in [0.1, 0.15) is 11.4 Å². The van der Waals surface area contributed by atoms with E-state index in [-0.39, 0.29) is 40.2 Å². The highest BCUT2D eigenvalue weighted by molar-refractivity contribution is 6.31. The van der Waals surface area contributed by atoms with Gasteiger partial charge in [0.25, 0.3) is 5.91 Å². The van der Waals surface area contributed by atoms with Crippen molar-refractivity contribution < 1.29 is 24.2 Å². The first-order valence-corrected chi connectivity index (χ1v) is 9.16. The average Bonchev–Trinajstić information content (AvgIpc) is 3.31. The maximum Gasteiger partial charge on any atom is 0.407 e. The Morgan fingerprint density at radius 1 is 1.33 bits per heavy atom. The molecule has 3 rings (SSSR count). The highest BCUT2D eigenvalue weighted by atomic mass is 35.5. The molecule has 1 aromatic heterocycles. The topological polar surface area (TPSA) is 154 Å². The molecule has 11 heteroatoms.